The number of aliphatic carboxylic acids is 1. The molecule has 0 spiro atoms. The van der Waals surface area contributed by atoms with Gasteiger partial charge in [0.05, 0.1) is 6.42 Å². The van der Waals surface area contributed by atoms with Gasteiger partial charge in [0, 0.05) is 19.1 Å². The number of carboxylic acid groups (broad SMARTS) is 1. The summed E-state index contributed by atoms with van der Waals surface area (Å²) in [5, 5.41) is 11.3. The molecule has 0 aromatic carbocycles. The minimum Gasteiger partial charge on any atom is -0.481 e. The van der Waals surface area contributed by atoms with Gasteiger partial charge in [-0.3, -0.25) is 4.79 Å². The summed E-state index contributed by atoms with van der Waals surface area (Å²) >= 11 is 0. The lowest BCUT2D eigenvalue weighted by atomic mass is 10.1. The van der Waals surface area contributed by atoms with E-state index in [2.05, 4.69) is 5.32 Å². The van der Waals surface area contributed by atoms with E-state index in [0.29, 0.717) is 19.5 Å². The van der Waals surface area contributed by atoms with Crippen molar-refractivity contribution in [3.05, 3.63) is 0 Å². The number of carboxylic acids is 1. The number of nitrogens with one attached hydrogen (secondary N) is 1. The SMILES string of the molecule is CCC(CC(=O)O)NC(=O)N(CC)CC. The summed E-state index contributed by atoms with van der Waals surface area (Å²) in [7, 11) is 0. The van der Waals surface area contributed by atoms with E-state index in [-0.39, 0.29) is 18.5 Å². The number of hydrogen-bond acceptors (Lipinski definition) is 2. The van der Waals surface area contributed by atoms with E-state index >= 15 is 0 Å². The van der Waals surface area contributed by atoms with Crippen LogP contribution < -0.4 is 5.32 Å². The molecule has 0 heterocycles. The zero-order valence-electron chi connectivity index (χ0n) is 9.62. The van der Waals surface area contributed by atoms with Gasteiger partial charge in [0.2, 0.25) is 0 Å². The first kappa shape index (κ1) is 13.7. The molecule has 0 rings (SSSR count). The van der Waals surface area contributed by atoms with E-state index < -0.39 is 5.97 Å². The molecular formula is C10H20N2O3. The Morgan fingerprint density at radius 3 is 2.13 bits per heavy atom. The van der Waals surface area contributed by atoms with Crippen molar-refractivity contribution in [2.45, 2.75) is 39.7 Å². The van der Waals surface area contributed by atoms with Crippen molar-refractivity contribution in [3.8, 4) is 0 Å². The minimum atomic E-state index is -0.887. The van der Waals surface area contributed by atoms with Crippen LogP contribution in [0, 0.1) is 0 Å². The van der Waals surface area contributed by atoms with E-state index in [1.165, 1.54) is 0 Å². The number of amides is 2. The van der Waals surface area contributed by atoms with Crippen molar-refractivity contribution in [2.75, 3.05) is 13.1 Å². The van der Waals surface area contributed by atoms with Crippen LogP contribution in [0.5, 0.6) is 0 Å². The molecule has 0 aliphatic heterocycles. The van der Waals surface area contributed by atoms with Crippen molar-refractivity contribution in [1.29, 1.82) is 0 Å². The molecule has 0 aliphatic rings. The molecule has 88 valence electrons. The second-order valence-corrected chi connectivity index (χ2v) is 3.32. The van der Waals surface area contributed by atoms with E-state index in [9.17, 15) is 9.59 Å². The van der Waals surface area contributed by atoms with Gasteiger partial charge in [0.1, 0.15) is 0 Å². The van der Waals surface area contributed by atoms with Gasteiger partial charge in [-0.2, -0.15) is 0 Å². The molecule has 0 aromatic heterocycles. The normalized spacial score (nSPS) is 11.9. The van der Waals surface area contributed by atoms with Gasteiger partial charge in [-0.05, 0) is 20.3 Å². The van der Waals surface area contributed by atoms with E-state index in [1.807, 2.05) is 20.8 Å². The monoisotopic (exact) mass is 216 g/mol. The zero-order valence-corrected chi connectivity index (χ0v) is 9.62. The largest absolute Gasteiger partial charge is 0.481 e. The smallest absolute Gasteiger partial charge is 0.317 e. The van der Waals surface area contributed by atoms with Gasteiger partial charge in [0.25, 0.3) is 0 Å². The van der Waals surface area contributed by atoms with Crippen LogP contribution in [0.3, 0.4) is 0 Å². The zero-order chi connectivity index (χ0) is 11.8. The summed E-state index contributed by atoms with van der Waals surface area (Å²) in [6, 6.07) is -0.469. The van der Waals surface area contributed by atoms with Crippen molar-refractivity contribution >= 4 is 12.0 Å². The Labute approximate surface area is 90.5 Å². The summed E-state index contributed by atoms with van der Waals surface area (Å²) in [5.74, 6) is -0.887. The number of urea groups is 1. The number of carbonyl (C=O) groups excluding carboxylic acids is 1. The standard InChI is InChI=1S/C10H20N2O3/c1-4-8(7-9(13)14)11-10(15)12(5-2)6-3/h8H,4-7H2,1-3H3,(H,11,15)(H,13,14). The Morgan fingerprint density at radius 2 is 1.80 bits per heavy atom. The molecule has 0 bridgehead atoms. The maximum atomic E-state index is 11.6. The van der Waals surface area contributed by atoms with Crippen molar-refractivity contribution in [3.63, 3.8) is 0 Å². The van der Waals surface area contributed by atoms with Crippen LogP contribution in [-0.2, 0) is 4.79 Å². The topological polar surface area (TPSA) is 69.6 Å². The fraction of sp³-hybridized carbons (Fsp3) is 0.800. The lowest BCUT2D eigenvalue weighted by Crippen LogP contribution is -2.45. The van der Waals surface area contributed by atoms with Crippen LogP contribution in [0.1, 0.15) is 33.6 Å². The number of rotatable bonds is 6. The maximum Gasteiger partial charge on any atom is 0.317 e. The molecule has 0 saturated heterocycles. The van der Waals surface area contributed by atoms with Crippen LogP contribution in [-0.4, -0.2) is 41.1 Å². The third-order valence-electron chi connectivity index (χ3n) is 2.29. The van der Waals surface area contributed by atoms with Crippen LogP contribution in [0.2, 0.25) is 0 Å². The quantitative estimate of drug-likeness (QED) is 0.703. The highest BCUT2D eigenvalue weighted by Gasteiger charge is 2.16. The fourth-order valence-electron chi connectivity index (χ4n) is 1.28. The first-order valence-electron chi connectivity index (χ1n) is 5.32. The molecule has 0 aliphatic carbocycles. The van der Waals surface area contributed by atoms with Gasteiger partial charge < -0.3 is 15.3 Å². The average molecular weight is 216 g/mol. The molecule has 1 unspecified atom stereocenters. The molecule has 0 radical (unpaired) electrons. The van der Waals surface area contributed by atoms with E-state index in [4.69, 9.17) is 5.11 Å². The summed E-state index contributed by atoms with van der Waals surface area (Å²) in [6.45, 7) is 6.90. The molecule has 2 amide bonds. The number of hydrogen-bond donors (Lipinski definition) is 2. The Bertz CT molecular complexity index is 215. The molecule has 0 fully saturated rings. The summed E-state index contributed by atoms with van der Waals surface area (Å²) in [6.07, 6.45) is 0.600. The maximum absolute atomic E-state index is 11.6. The number of nitrogens with zero attached hydrogens (tertiary/aromatic N) is 1. The predicted octanol–water partition coefficient (Wildman–Crippen LogP) is 1.29. The lowest BCUT2D eigenvalue weighted by Gasteiger charge is -2.23. The van der Waals surface area contributed by atoms with E-state index in [1.54, 1.807) is 4.90 Å². The lowest BCUT2D eigenvalue weighted by molar-refractivity contribution is -0.137. The minimum absolute atomic E-state index is 0.0243. The first-order chi connectivity index (χ1) is 7.04. The Morgan fingerprint density at radius 1 is 1.27 bits per heavy atom. The molecular weight excluding hydrogens is 196 g/mol. The van der Waals surface area contributed by atoms with Gasteiger partial charge in [-0.25, -0.2) is 4.79 Å². The molecule has 1 atom stereocenters. The molecule has 2 N–H and O–H groups in total. The van der Waals surface area contributed by atoms with Crippen molar-refractivity contribution < 1.29 is 14.7 Å². The van der Waals surface area contributed by atoms with E-state index in [0.717, 1.165) is 0 Å². The molecule has 0 saturated carbocycles. The van der Waals surface area contributed by atoms with Gasteiger partial charge in [-0.15, -0.1) is 0 Å². The summed E-state index contributed by atoms with van der Waals surface area (Å²) < 4.78 is 0. The second-order valence-electron chi connectivity index (χ2n) is 3.32. The first-order valence-corrected chi connectivity index (χ1v) is 5.32. The Kier molecular flexibility index (Phi) is 6.49. The van der Waals surface area contributed by atoms with Gasteiger partial charge in [-0.1, -0.05) is 6.92 Å². The highest BCUT2D eigenvalue weighted by atomic mass is 16.4. The van der Waals surface area contributed by atoms with Crippen molar-refractivity contribution in [2.24, 2.45) is 0 Å². The highest BCUT2D eigenvalue weighted by molar-refractivity contribution is 5.75. The predicted molar refractivity (Wildman–Crippen MR) is 57.8 cm³/mol. The fourth-order valence-corrected chi connectivity index (χ4v) is 1.28. The Hall–Kier alpha value is -1.26. The average Bonchev–Trinajstić information content (AvgIpc) is 2.17. The highest BCUT2D eigenvalue weighted by Crippen LogP contribution is 1.99. The third kappa shape index (κ3) is 5.24. The molecule has 0 aromatic rings. The van der Waals surface area contributed by atoms with Crippen LogP contribution >= 0.6 is 0 Å². The van der Waals surface area contributed by atoms with Gasteiger partial charge >= 0.3 is 12.0 Å². The summed E-state index contributed by atoms with van der Waals surface area (Å²) in [5.41, 5.74) is 0. The third-order valence-corrected chi connectivity index (χ3v) is 2.29. The van der Waals surface area contributed by atoms with Crippen LogP contribution in [0.4, 0.5) is 4.79 Å². The van der Waals surface area contributed by atoms with Crippen molar-refractivity contribution in [1.82, 2.24) is 10.2 Å². The molecule has 5 nitrogen and oxygen atoms in total. The Balaban J connectivity index is 4.16. The van der Waals surface area contributed by atoms with Crippen LogP contribution in [0.25, 0.3) is 0 Å². The van der Waals surface area contributed by atoms with Crippen LogP contribution in [0.15, 0.2) is 0 Å². The summed E-state index contributed by atoms with van der Waals surface area (Å²) in [4.78, 5) is 23.7. The second kappa shape index (κ2) is 7.09. The molecule has 5 heteroatoms. The number of carbonyl (C=O) groups is 2. The molecule has 15 heavy (non-hydrogen) atoms. The van der Waals surface area contributed by atoms with Gasteiger partial charge in [0.15, 0.2) is 0 Å².